The van der Waals surface area contributed by atoms with Gasteiger partial charge in [0.2, 0.25) is 0 Å². The van der Waals surface area contributed by atoms with E-state index < -0.39 is 32.5 Å². The Morgan fingerprint density at radius 1 is 0.892 bits per heavy atom. The summed E-state index contributed by atoms with van der Waals surface area (Å²) in [5, 5.41) is 11.9. The number of unbranched alkanes of at least 4 members (excludes halogenated alkanes) is 2. The van der Waals surface area contributed by atoms with Gasteiger partial charge >= 0.3 is 5.97 Å². The number of carbonyl (C=O) groups excluding carboxylic acids is 2. The summed E-state index contributed by atoms with van der Waals surface area (Å²) in [7, 11) is -2.54. The van der Waals surface area contributed by atoms with Gasteiger partial charge < -0.3 is 23.8 Å². The fourth-order valence-corrected chi connectivity index (χ4v) is 4.80. The molecule has 2 unspecified atom stereocenters. The lowest BCUT2D eigenvalue weighted by molar-refractivity contribution is -0.317. The van der Waals surface area contributed by atoms with Crippen molar-refractivity contribution in [2.24, 2.45) is 0 Å². The first-order valence-corrected chi connectivity index (χ1v) is 16.0. The molecule has 0 fully saturated rings. The minimum atomic E-state index is -2.54. The molecule has 0 aliphatic carbocycles. The van der Waals surface area contributed by atoms with Gasteiger partial charge in [-0.05, 0) is 73.5 Å². The van der Waals surface area contributed by atoms with E-state index in [0.717, 1.165) is 24.8 Å². The number of carboxylic acids is 1. The van der Waals surface area contributed by atoms with Crippen LogP contribution in [0.1, 0.15) is 62.3 Å². The van der Waals surface area contributed by atoms with Gasteiger partial charge in [0.15, 0.2) is 14.4 Å². The molecule has 0 heterocycles. The van der Waals surface area contributed by atoms with Crippen molar-refractivity contribution in [1.82, 2.24) is 0 Å². The molecular formula is C30H43O6Si-. The Morgan fingerprint density at radius 3 is 2.16 bits per heavy atom. The minimum absolute atomic E-state index is 0.0232. The van der Waals surface area contributed by atoms with Gasteiger partial charge in [-0.1, -0.05) is 75.7 Å². The third-order valence-corrected chi connectivity index (χ3v) is 11.6. The lowest BCUT2D eigenvalue weighted by atomic mass is 10.0. The zero-order chi connectivity index (χ0) is 27.6. The van der Waals surface area contributed by atoms with Gasteiger partial charge in [0.1, 0.15) is 12.7 Å². The first-order chi connectivity index (χ1) is 17.3. The van der Waals surface area contributed by atoms with Crippen molar-refractivity contribution < 1.29 is 28.6 Å². The van der Waals surface area contributed by atoms with Crippen molar-refractivity contribution in [2.45, 2.75) is 97.2 Å². The molecule has 2 atom stereocenters. The summed E-state index contributed by atoms with van der Waals surface area (Å²) < 4.78 is 17.4. The van der Waals surface area contributed by atoms with E-state index in [1.807, 2.05) is 64.2 Å². The Bertz CT molecular complexity index is 1010. The number of aliphatic carboxylic acids is 1. The smallest absolute Gasteiger partial charge is 0.338 e. The van der Waals surface area contributed by atoms with E-state index in [9.17, 15) is 14.7 Å². The van der Waals surface area contributed by atoms with Crippen molar-refractivity contribution in [1.29, 1.82) is 0 Å². The van der Waals surface area contributed by atoms with Crippen molar-refractivity contribution in [2.75, 3.05) is 6.61 Å². The topological polar surface area (TPSA) is 84.9 Å². The lowest BCUT2D eigenvalue weighted by Crippen LogP contribution is -2.56. The third kappa shape index (κ3) is 9.72. The fourth-order valence-electron chi connectivity index (χ4n) is 3.59. The standard InChI is InChI=1S/C30H44O6Si/c1-22-17-18-24(20-23(22)2)14-12-9-13-19-34-27(29(33)35-21-25-15-10-8-11-16-25)26(28(31)32)36-37(6,7)30(3,4)5/h8,10-11,15-18,20,26-27H,9,12-14,19,21H2,1-7H3,(H,31,32)/p-1. The lowest BCUT2D eigenvalue weighted by Gasteiger charge is -2.41. The Hall–Kier alpha value is -2.48. The molecule has 7 heteroatoms. The monoisotopic (exact) mass is 527 g/mol. The zero-order valence-electron chi connectivity index (χ0n) is 23.5. The number of carbonyl (C=O) groups is 2. The van der Waals surface area contributed by atoms with Gasteiger partial charge in [0.25, 0.3) is 0 Å². The second-order valence-corrected chi connectivity index (χ2v) is 16.0. The van der Waals surface area contributed by atoms with Gasteiger partial charge in [-0.25, -0.2) is 4.79 Å². The van der Waals surface area contributed by atoms with Gasteiger partial charge in [0, 0.05) is 6.61 Å². The maximum Gasteiger partial charge on any atom is 0.338 e. The van der Waals surface area contributed by atoms with Crippen molar-refractivity contribution >= 4 is 20.3 Å². The molecule has 37 heavy (non-hydrogen) atoms. The highest BCUT2D eigenvalue weighted by Crippen LogP contribution is 2.38. The molecule has 0 N–H and O–H groups in total. The molecule has 0 bridgehead atoms. The fraction of sp³-hybridized carbons (Fsp3) is 0.533. The normalized spacial score (nSPS) is 13.7. The van der Waals surface area contributed by atoms with Crippen LogP contribution in [0.4, 0.5) is 0 Å². The predicted molar refractivity (Wildman–Crippen MR) is 147 cm³/mol. The molecule has 0 aliphatic rings. The van der Waals surface area contributed by atoms with E-state index in [0.29, 0.717) is 6.42 Å². The van der Waals surface area contributed by atoms with Crippen molar-refractivity contribution in [3.8, 4) is 0 Å². The summed E-state index contributed by atoms with van der Waals surface area (Å²) in [4.78, 5) is 25.2. The minimum Gasteiger partial charge on any atom is -0.547 e. The molecule has 0 amide bonds. The number of hydrogen-bond acceptors (Lipinski definition) is 6. The number of rotatable bonds is 14. The Morgan fingerprint density at radius 2 is 1.57 bits per heavy atom. The van der Waals surface area contributed by atoms with Gasteiger partial charge in [-0.3, -0.25) is 0 Å². The molecule has 2 rings (SSSR count). The van der Waals surface area contributed by atoms with Gasteiger partial charge in [-0.15, -0.1) is 0 Å². The molecule has 6 nitrogen and oxygen atoms in total. The molecule has 0 saturated heterocycles. The molecular weight excluding hydrogens is 484 g/mol. The van der Waals surface area contributed by atoms with Crippen LogP contribution in [0.25, 0.3) is 0 Å². The van der Waals surface area contributed by atoms with Crippen LogP contribution >= 0.6 is 0 Å². The number of carboxylic acid groups (broad SMARTS) is 1. The maximum atomic E-state index is 13.1. The molecule has 2 aromatic carbocycles. The Balaban J connectivity index is 2.02. The molecule has 0 aromatic heterocycles. The summed E-state index contributed by atoms with van der Waals surface area (Å²) >= 11 is 0. The van der Waals surface area contributed by atoms with E-state index in [1.165, 1.54) is 16.7 Å². The van der Waals surface area contributed by atoms with Crippen LogP contribution in [0, 0.1) is 13.8 Å². The van der Waals surface area contributed by atoms with E-state index in [2.05, 4.69) is 32.0 Å². The van der Waals surface area contributed by atoms with E-state index in [4.69, 9.17) is 13.9 Å². The highest BCUT2D eigenvalue weighted by Gasteiger charge is 2.43. The van der Waals surface area contributed by atoms with Crippen LogP contribution in [0.15, 0.2) is 48.5 Å². The molecule has 204 valence electrons. The number of esters is 1. The average Bonchev–Trinajstić information content (AvgIpc) is 2.83. The highest BCUT2D eigenvalue weighted by molar-refractivity contribution is 6.74. The van der Waals surface area contributed by atoms with Crippen LogP contribution in [0.3, 0.4) is 0 Å². The Labute approximate surface area is 223 Å². The maximum absolute atomic E-state index is 13.1. The molecule has 0 aliphatic heterocycles. The van der Waals surface area contributed by atoms with E-state index in [-0.39, 0.29) is 18.3 Å². The number of hydrogen-bond donors (Lipinski definition) is 0. The highest BCUT2D eigenvalue weighted by atomic mass is 28.4. The largest absolute Gasteiger partial charge is 0.547 e. The second kappa shape index (κ2) is 13.9. The number of ether oxygens (including phenoxy) is 2. The summed E-state index contributed by atoms with van der Waals surface area (Å²) in [5.41, 5.74) is 4.67. The van der Waals surface area contributed by atoms with Crippen LogP contribution in [0.5, 0.6) is 0 Å². The predicted octanol–water partition coefficient (Wildman–Crippen LogP) is 5.29. The van der Waals surface area contributed by atoms with E-state index in [1.54, 1.807) is 0 Å². The van der Waals surface area contributed by atoms with Crippen LogP contribution < -0.4 is 5.11 Å². The van der Waals surface area contributed by atoms with E-state index >= 15 is 0 Å². The third-order valence-electron chi connectivity index (χ3n) is 7.17. The Kier molecular flexibility index (Phi) is 11.5. The molecule has 0 radical (unpaired) electrons. The van der Waals surface area contributed by atoms with Crippen LogP contribution in [-0.2, 0) is 36.5 Å². The number of benzene rings is 2. The van der Waals surface area contributed by atoms with Crippen molar-refractivity contribution in [3.63, 3.8) is 0 Å². The first kappa shape index (κ1) is 30.7. The van der Waals surface area contributed by atoms with Gasteiger partial charge in [0.05, 0.1) is 5.97 Å². The molecule has 2 aromatic rings. The molecule has 0 spiro atoms. The van der Waals surface area contributed by atoms with Gasteiger partial charge in [-0.2, -0.15) is 0 Å². The summed E-state index contributed by atoms with van der Waals surface area (Å²) in [5.74, 6) is -2.23. The molecule has 0 saturated carbocycles. The number of aryl methyl sites for hydroxylation is 3. The SMILES string of the molecule is Cc1ccc(CCCCCOC(C(=O)OCc2ccccc2)C(O[Si](C)(C)C(C)(C)C)C(=O)[O-])cc1C. The van der Waals surface area contributed by atoms with Crippen molar-refractivity contribution in [3.05, 3.63) is 70.8 Å². The first-order valence-electron chi connectivity index (χ1n) is 13.1. The zero-order valence-corrected chi connectivity index (χ0v) is 24.5. The van der Waals surface area contributed by atoms with Crippen LogP contribution in [-0.4, -0.2) is 39.1 Å². The summed E-state index contributed by atoms with van der Waals surface area (Å²) in [6, 6.07) is 15.7. The quantitative estimate of drug-likeness (QED) is 0.189. The summed E-state index contributed by atoms with van der Waals surface area (Å²) in [6.07, 6.45) is 0.562. The van der Waals surface area contributed by atoms with Crippen LogP contribution in [0.2, 0.25) is 18.1 Å². The summed E-state index contributed by atoms with van der Waals surface area (Å²) in [6.45, 7) is 14.3. The second-order valence-electron chi connectivity index (χ2n) is 11.2. The average molecular weight is 528 g/mol.